The van der Waals surface area contributed by atoms with E-state index in [-0.39, 0.29) is 19.6 Å². The largest absolute Gasteiger partial charge is 0.756 e. The van der Waals surface area contributed by atoms with Gasteiger partial charge in [0.05, 0.1) is 40.0 Å². The zero-order valence-corrected chi connectivity index (χ0v) is 25.8. The molecule has 0 aliphatic carbocycles. The SMILES string of the molecule is CC/C=C\C[C@H](O)/C=C/C=C/C=C/C(O)C/C=C\C/C=C\CCC(=O)OC[C@@H](O)COP(=O)([O-])OCC[N+](C)(C)C. The third-order valence-electron chi connectivity index (χ3n) is 5.15. The molecule has 0 aromatic rings. The second-order valence-electron chi connectivity index (χ2n) is 10.3. The predicted octanol–water partition coefficient (Wildman–Crippen LogP) is 3.52. The molecule has 0 aliphatic rings. The zero-order valence-electron chi connectivity index (χ0n) is 24.9. The molecule has 0 aromatic carbocycles. The van der Waals surface area contributed by atoms with Gasteiger partial charge in [0.1, 0.15) is 25.9 Å². The molecule has 0 aromatic heterocycles. The van der Waals surface area contributed by atoms with E-state index in [2.05, 4.69) is 4.52 Å². The van der Waals surface area contributed by atoms with Crippen molar-refractivity contribution in [2.45, 2.75) is 63.8 Å². The maximum absolute atomic E-state index is 11.8. The van der Waals surface area contributed by atoms with Crippen molar-refractivity contribution in [3.05, 3.63) is 72.9 Å². The lowest BCUT2D eigenvalue weighted by Gasteiger charge is -2.27. The van der Waals surface area contributed by atoms with Crippen LogP contribution in [0.25, 0.3) is 0 Å². The predicted molar refractivity (Wildman–Crippen MR) is 160 cm³/mol. The van der Waals surface area contributed by atoms with Gasteiger partial charge in [-0.2, -0.15) is 0 Å². The van der Waals surface area contributed by atoms with Crippen molar-refractivity contribution < 1.29 is 47.8 Å². The van der Waals surface area contributed by atoms with Gasteiger partial charge in [0.2, 0.25) is 0 Å². The minimum atomic E-state index is -4.54. The highest BCUT2D eigenvalue weighted by Crippen LogP contribution is 2.38. The van der Waals surface area contributed by atoms with Crippen LogP contribution in [0.3, 0.4) is 0 Å². The number of ether oxygens (including phenoxy) is 1. The molecule has 234 valence electrons. The number of esters is 1. The molecule has 0 heterocycles. The normalized spacial score (nSPS) is 17.0. The van der Waals surface area contributed by atoms with Crippen LogP contribution in [0, 0.1) is 0 Å². The van der Waals surface area contributed by atoms with Gasteiger partial charge in [-0.05, 0) is 32.1 Å². The van der Waals surface area contributed by atoms with Crippen LogP contribution in [0.2, 0.25) is 0 Å². The molecular formula is C30H50NO9P. The van der Waals surface area contributed by atoms with Gasteiger partial charge in [-0.3, -0.25) is 9.36 Å². The van der Waals surface area contributed by atoms with Crippen molar-refractivity contribution in [2.24, 2.45) is 0 Å². The van der Waals surface area contributed by atoms with Gasteiger partial charge in [-0.15, -0.1) is 0 Å². The summed E-state index contributed by atoms with van der Waals surface area (Å²) in [5.41, 5.74) is 0. The number of phosphoric ester groups is 1. The highest BCUT2D eigenvalue weighted by molar-refractivity contribution is 7.45. The van der Waals surface area contributed by atoms with Gasteiger partial charge < -0.3 is 38.5 Å². The number of rotatable bonds is 23. The number of aliphatic hydroxyl groups excluding tert-OH is 3. The summed E-state index contributed by atoms with van der Waals surface area (Å²) in [4.78, 5) is 23.5. The molecular weight excluding hydrogens is 549 g/mol. The van der Waals surface area contributed by atoms with Crippen molar-refractivity contribution in [3.8, 4) is 0 Å². The van der Waals surface area contributed by atoms with Gasteiger partial charge >= 0.3 is 5.97 Å². The van der Waals surface area contributed by atoms with E-state index in [0.29, 0.717) is 36.7 Å². The first kappa shape index (κ1) is 38.9. The summed E-state index contributed by atoms with van der Waals surface area (Å²) in [6, 6.07) is 0. The summed E-state index contributed by atoms with van der Waals surface area (Å²) in [5, 5.41) is 29.5. The molecule has 0 bridgehead atoms. The summed E-state index contributed by atoms with van der Waals surface area (Å²) < 4.78 is 26.5. The van der Waals surface area contributed by atoms with Crippen molar-refractivity contribution in [3.63, 3.8) is 0 Å². The third-order valence-corrected chi connectivity index (χ3v) is 6.12. The number of aliphatic hydroxyl groups is 3. The fourth-order valence-corrected chi connectivity index (χ4v) is 3.58. The van der Waals surface area contributed by atoms with Crippen LogP contribution in [0.5, 0.6) is 0 Å². The summed E-state index contributed by atoms with van der Waals surface area (Å²) in [6.07, 6.45) is 22.8. The Labute approximate surface area is 245 Å². The van der Waals surface area contributed by atoms with E-state index in [1.165, 1.54) is 0 Å². The lowest BCUT2D eigenvalue weighted by molar-refractivity contribution is -0.870. The molecule has 4 atom stereocenters. The molecule has 0 rings (SSSR count). The van der Waals surface area contributed by atoms with Crippen LogP contribution >= 0.6 is 7.82 Å². The lowest BCUT2D eigenvalue weighted by atomic mass is 10.2. The summed E-state index contributed by atoms with van der Waals surface area (Å²) in [6.45, 7) is 1.52. The topological polar surface area (TPSA) is 146 Å². The van der Waals surface area contributed by atoms with E-state index in [1.54, 1.807) is 36.5 Å². The Bertz CT molecular complexity index is 919. The molecule has 11 heteroatoms. The van der Waals surface area contributed by atoms with Crippen molar-refractivity contribution >= 4 is 13.8 Å². The maximum atomic E-state index is 11.8. The Morgan fingerprint density at radius 1 is 0.854 bits per heavy atom. The van der Waals surface area contributed by atoms with Crippen molar-refractivity contribution in [1.29, 1.82) is 0 Å². The van der Waals surface area contributed by atoms with Gasteiger partial charge in [0.25, 0.3) is 7.82 Å². The van der Waals surface area contributed by atoms with Crippen LogP contribution in [-0.2, 0) is 23.1 Å². The molecule has 0 saturated carbocycles. The number of allylic oxidation sites excluding steroid dienone is 8. The highest BCUT2D eigenvalue weighted by Gasteiger charge is 2.16. The minimum absolute atomic E-state index is 0.0420. The zero-order chi connectivity index (χ0) is 31.0. The number of carbonyl (C=O) groups is 1. The van der Waals surface area contributed by atoms with E-state index in [4.69, 9.17) is 9.26 Å². The lowest BCUT2D eigenvalue weighted by Crippen LogP contribution is -2.37. The van der Waals surface area contributed by atoms with Crippen LogP contribution in [-0.4, -0.2) is 91.6 Å². The number of hydrogen-bond donors (Lipinski definition) is 3. The average Bonchev–Trinajstić information content (AvgIpc) is 2.89. The average molecular weight is 600 g/mol. The first-order valence-electron chi connectivity index (χ1n) is 13.9. The van der Waals surface area contributed by atoms with Crippen molar-refractivity contribution in [1.82, 2.24) is 0 Å². The quantitative estimate of drug-likeness (QED) is 0.0528. The van der Waals surface area contributed by atoms with E-state index < -0.39 is 38.7 Å². The number of nitrogens with zero attached hydrogens (tertiary/aromatic N) is 1. The fourth-order valence-electron chi connectivity index (χ4n) is 2.85. The molecule has 0 fully saturated rings. The smallest absolute Gasteiger partial charge is 0.306 e. The maximum Gasteiger partial charge on any atom is 0.306 e. The molecule has 0 radical (unpaired) electrons. The van der Waals surface area contributed by atoms with Crippen LogP contribution in [0.1, 0.15) is 45.4 Å². The first-order valence-corrected chi connectivity index (χ1v) is 15.4. The van der Waals surface area contributed by atoms with Crippen LogP contribution < -0.4 is 4.89 Å². The van der Waals surface area contributed by atoms with Gasteiger partial charge in [0, 0.05) is 6.42 Å². The number of hydrogen-bond acceptors (Lipinski definition) is 9. The van der Waals surface area contributed by atoms with E-state index in [1.807, 2.05) is 64.5 Å². The van der Waals surface area contributed by atoms with E-state index >= 15 is 0 Å². The molecule has 3 N–H and O–H groups in total. The molecule has 0 spiro atoms. The highest BCUT2D eigenvalue weighted by atomic mass is 31.2. The number of phosphoric acid groups is 1. The van der Waals surface area contributed by atoms with Crippen molar-refractivity contribution in [2.75, 3.05) is 47.5 Å². The minimum Gasteiger partial charge on any atom is -0.756 e. The second-order valence-corrected chi connectivity index (χ2v) is 11.7. The molecule has 0 aliphatic heterocycles. The van der Waals surface area contributed by atoms with Crippen LogP contribution in [0.15, 0.2) is 72.9 Å². The molecule has 41 heavy (non-hydrogen) atoms. The molecule has 0 amide bonds. The standard InChI is InChI=1S/C30H50NO9P/c1-5-6-13-18-27(32)20-15-11-12-16-21-28(33)19-14-9-7-8-10-17-22-30(35)38-25-29(34)26-40-41(36,37)39-24-23-31(2,3)4/h6,8-16,20-21,27-29,32-34H,5,7,17-19,22-26H2,1-4H3/b10-8-,12-11+,13-6-,14-9-,20-15+,21-16+/t27-,28?,29+/m0/s1. The Morgan fingerprint density at radius 2 is 1.44 bits per heavy atom. The number of quaternary nitrogens is 1. The molecule has 2 unspecified atom stereocenters. The van der Waals surface area contributed by atoms with E-state index in [0.717, 1.165) is 6.42 Å². The number of carbonyl (C=O) groups excluding carboxylic acids is 1. The summed E-state index contributed by atoms with van der Waals surface area (Å²) in [7, 11) is 1.13. The van der Waals surface area contributed by atoms with Gasteiger partial charge in [-0.1, -0.05) is 79.8 Å². The van der Waals surface area contributed by atoms with Crippen LogP contribution in [0.4, 0.5) is 0 Å². The Hall–Kier alpha value is -2.14. The third kappa shape index (κ3) is 27.8. The Balaban J connectivity index is 3.98. The first-order chi connectivity index (χ1) is 19.3. The Kier molecular flexibility index (Phi) is 22.2. The number of likely N-dealkylation sites (N-methyl/N-ethyl adjacent to an activating group) is 1. The molecule has 10 nitrogen and oxygen atoms in total. The second kappa shape index (κ2) is 23.4. The summed E-state index contributed by atoms with van der Waals surface area (Å²) >= 11 is 0. The van der Waals surface area contributed by atoms with Gasteiger partial charge in [0.15, 0.2) is 0 Å². The summed E-state index contributed by atoms with van der Waals surface area (Å²) in [5.74, 6) is -0.520. The monoisotopic (exact) mass is 599 g/mol. The molecule has 0 saturated heterocycles. The fraction of sp³-hybridized carbons (Fsp3) is 0.567. The Morgan fingerprint density at radius 3 is 2.02 bits per heavy atom. The van der Waals surface area contributed by atoms with E-state index in [9.17, 15) is 29.6 Å². The van der Waals surface area contributed by atoms with Gasteiger partial charge in [-0.25, -0.2) is 0 Å².